The number of hydrogen-bond acceptors (Lipinski definition) is 3. The molecule has 0 atom stereocenters. The second-order valence-corrected chi connectivity index (χ2v) is 3.95. The Morgan fingerprint density at radius 3 is 2.73 bits per heavy atom. The highest BCUT2D eigenvalue weighted by atomic mass is 16.1. The summed E-state index contributed by atoms with van der Waals surface area (Å²) in [5.74, 6) is 0.396. The normalized spacial score (nSPS) is 11.2. The molecule has 0 radical (unpaired) electrons. The van der Waals surface area contributed by atoms with E-state index in [1.54, 1.807) is 13.2 Å². The van der Waals surface area contributed by atoms with Crippen LogP contribution in [0.4, 0.5) is 0 Å². The Morgan fingerprint density at radius 2 is 2.07 bits per heavy atom. The fraction of sp³-hybridized carbons (Fsp3) is 0.364. The zero-order valence-electron chi connectivity index (χ0n) is 9.06. The zero-order chi connectivity index (χ0) is 11.0. The lowest BCUT2D eigenvalue weighted by molar-refractivity contribution is 0.831. The smallest absolute Gasteiger partial charge is 0.279 e. The fourth-order valence-corrected chi connectivity index (χ4v) is 1.42. The maximum Gasteiger partial charge on any atom is 0.279 e. The quantitative estimate of drug-likeness (QED) is 0.704. The van der Waals surface area contributed by atoms with E-state index in [0.29, 0.717) is 17.0 Å². The standard InChI is InChI=1S/C11H13N3O/c1-7(2)8-4-9-10(12-5-8)11(15)14(3)6-13-9/h4-7H,1-3H3. The molecule has 0 spiro atoms. The van der Waals surface area contributed by atoms with Gasteiger partial charge in [-0.05, 0) is 17.5 Å². The van der Waals surface area contributed by atoms with Crippen LogP contribution in [0.1, 0.15) is 25.3 Å². The average Bonchev–Trinajstić information content (AvgIpc) is 2.23. The molecule has 0 fully saturated rings. The van der Waals surface area contributed by atoms with E-state index in [-0.39, 0.29) is 5.56 Å². The lowest BCUT2D eigenvalue weighted by atomic mass is 10.1. The Labute approximate surface area is 87.6 Å². The molecule has 0 amide bonds. The van der Waals surface area contributed by atoms with Crippen LogP contribution < -0.4 is 5.56 Å². The van der Waals surface area contributed by atoms with Crippen molar-refractivity contribution in [3.63, 3.8) is 0 Å². The topological polar surface area (TPSA) is 47.8 Å². The van der Waals surface area contributed by atoms with Gasteiger partial charge in [-0.25, -0.2) is 9.97 Å². The molecule has 0 N–H and O–H groups in total. The van der Waals surface area contributed by atoms with Gasteiger partial charge in [0.05, 0.1) is 11.8 Å². The molecule has 0 saturated carbocycles. The van der Waals surface area contributed by atoms with Gasteiger partial charge in [0.1, 0.15) is 0 Å². The summed E-state index contributed by atoms with van der Waals surface area (Å²) >= 11 is 0. The van der Waals surface area contributed by atoms with E-state index in [9.17, 15) is 4.79 Å². The van der Waals surface area contributed by atoms with Crippen molar-refractivity contribution in [1.82, 2.24) is 14.5 Å². The van der Waals surface area contributed by atoms with Crippen molar-refractivity contribution >= 4 is 11.0 Å². The van der Waals surface area contributed by atoms with E-state index >= 15 is 0 Å². The number of pyridine rings is 1. The predicted molar refractivity (Wildman–Crippen MR) is 58.9 cm³/mol. The third-order valence-corrected chi connectivity index (χ3v) is 2.45. The number of aromatic nitrogens is 3. The number of nitrogens with zero attached hydrogens (tertiary/aromatic N) is 3. The Morgan fingerprint density at radius 1 is 1.33 bits per heavy atom. The van der Waals surface area contributed by atoms with Gasteiger partial charge in [0.15, 0.2) is 5.52 Å². The van der Waals surface area contributed by atoms with Gasteiger partial charge in [0.25, 0.3) is 5.56 Å². The summed E-state index contributed by atoms with van der Waals surface area (Å²) < 4.78 is 1.43. The van der Waals surface area contributed by atoms with E-state index in [1.807, 2.05) is 6.07 Å². The molecule has 0 bridgehead atoms. The van der Waals surface area contributed by atoms with E-state index in [4.69, 9.17) is 0 Å². The molecule has 0 saturated heterocycles. The van der Waals surface area contributed by atoms with Crippen LogP contribution in [0.5, 0.6) is 0 Å². The highest BCUT2D eigenvalue weighted by Crippen LogP contribution is 2.15. The van der Waals surface area contributed by atoms with Gasteiger partial charge in [-0.1, -0.05) is 13.8 Å². The first-order valence-electron chi connectivity index (χ1n) is 4.91. The van der Waals surface area contributed by atoms with E-state index in [2.05, 4.69) is 23.8 Å². The van der Waals surface area contributed by atoms with Crippen LogP contribution in [-0.2, 0) is 7.05 Å². The predicted octanol–water partition coefficient (Wildman–Crippen LogP) is 1.45. The summed E-state index contributed by atoms with van der Waals surface area (Å²) in [5, 5.41) is 0. The van der Waals surface area contributed by atoms with Crippen LogP contribution in [0, 0.1) is 0 Å². The second kappa shape index (κ2) is 3.46. The van der Waals surface area contributed by atoms with Crippen LogP contribution >= 0.6 is 0 Å². The third-order valence-electron chi connectivity index (χ3n) is 2.45. The molecule has 0 aliphatic heterocycles. The molecule has 0 aliphatic carbocycles. The summed E-state index contributed by atoms with van der Waals surface area (Å²) in [7, 11) is 1.67. The Balaban J connectivity index is 2.76. The summed E-state index contributed by atoms with van der Waals surface area (Å²) in [5.41, 5.74) is 2.10. The fourth-order valence-electron chi connectivity index (χ4n) is 1.42. The average molecular weight is 203 g/mol. The minimum atomic E-state index is -0.102. The van der Waals surface area contributed by atoms with Crippen molar-refractivity contribution in [3.8, 4) is 0 Å². The molecule has 4 heteroatoms. The number of rotatable bonds is 1. The number of hydrogen-bond donors (Lipinski definition) is 0. The molecule has 4 nitrogen and oxygen atoms in total. The molecule has 0 unspecified atom stereocenters. The van der Waals surface area contributed by atoms with Crippen molar-refractivity contribution < 1.29 is 0 Å². The molecule has 78 valence electrons. The molecule has 2 rings (SSSR count). The molecular weight excluding hydrogens is 190 g/mol. The zero-order valence-corrected chi connectivity index (χ0v) is 9.06. The molecule has 0 aliphatic rings. The van der Waals surface area contributed by atoms with Gasteiger partial charge >= 0.3 is 0 Å². The molecular formula is C11H13N3O. The molecule has 0 aromatic carbocycles. The van der Waals surface area contributed by atoms with E-state index in [1.165, 1.54) is 10.9 Å². The van der Waals surface area contributed by atoms with Crippen LogP contribution in [0.15, 0.2) is 23.4 Å². The van der Waals surface area contributed by atoms with Gasteiger partial charge in [-0.2, -0.15) is 0 Å². The lowest BCUT2D eigenvalue weighted by Crippen LogP contribution is -2.18. The van der Waals surface area contributed by atoms with E-state index in [0.717, 1.165) is 5.56 Å². The van der Waals surface area contributed by atoms with Gasteiger partial charge in [0.2, 0.25) is 0 Å². The first-order valence-corrected chi connectivity index (χ1v) is 4.91. The van der Waals surface area contributed by atoms with Crippen molar-refractivity contribution in [3.05, 3.63) is 34.5 Å². The van der Waals surface area contributed by atoms with Crippen molar-refractivity contribution in [2.24, 2.45) is 7.05 Å². The first kappa shape index (κ1) is 9.83. The van der Waals surface area contributed by atoms with Gasteiger partial charge in [-0.3, -0.25) is 4.79 Å². The Kier molecular flexibility index (Phi) is 2.26. The van der Waals surface area contributed by atoms with Crippen molar-refractivity contribution in [2.45, 2.75) is 19.8 Å². The van der Waals surface area contributed by atoms with Gasteiger partial charge in [0, 0.05) is 13.2 Å². The van der Waals surface area contributed by atoms with Crippen molar-refractivity contribution in [1.29, 1.82) is 0 Å². The largest absolute Gasteiger partial charge is 0.301 e. The number of fused-ring (bicyclic) bond motifs is 1. The monoisotopic (exact) mass is 203 g/mol. The molecule has 15 heavy (non-hydrogen) atoms. The summed E-state index contributed by atoms with van der Waals surface area (Å²) in [4.78, 5) is 20.0. The van der Waals surface area contributed by atoms with Crippen molar-refractivity contribution in [2.75, 3.05) is 0 Å². The first-order chi connectivity index (χ1) is 7.09. The summed E-state index contributed by atoms with van der Waals surface area (Å²) in [6.45, 7) is 4.17. The van der Waals surface area contributed by atoms with Crippen LogP contribution in [-0.4, -0.2) is 14.5 Å². The van der Waals surface area contributed by atoms with Crippen LogP contribution in [0.25, 0.3) is 11.0 Å². The minimum absolute atomic E-state index is 0.102. The SMILES string of the molecule is CC(C)c1cnc2c(=O)n(C)cnc2c1. The van der Waals surface area contributed by atoms with Gasteiger partial charge in [-0.15, -0.1) is 0 Å². The Hall–Kier alpha value is -1.71. The summed E-state index contributed by atoms with van der Waals surface area (Å²) in [6, 6.07) is 1.92. The maximum atomic E-state index is 11.7. The molecule has 2 aromatic rings. The van der Waals surface area contributed by atoms with Crippen LogP contribution in [0.2, 0.25) is 0 Å². The lowest BCUT2D eigenvalue weighted by Gasteiger charge is -2.05. The van der Waals surface area contributed by atoms with Gasteiger partial charge < -0.3 is 4.57 Å². The van der Waals surface area contributed by atoms with E-state index < -0.39 is 0 Å². The van der Waals surface area contributed by atoms with Crippen LogP contribution in [0.3, 0.4) is 0 Å². The Bertz CT molecular complexity index is 557. The second-order valence-electron chi connectivity index (χ2n) is 3.95. The molecule has 2 aromatic heterocycles. The minimum Gasteiger partial charge on any atom is -0.301 e. The number of aryl methyl sites for hydroxylation is 1. The third kappa shape index (κ3) is 1.63. The molecule has 2 heterocycles. The highest BCUT2D eigenvalue weighted by molar-refractivity contribution is 5.73. The highest BCUT2D eigenvalue weighted by Gasteiger charge is 2.06. The summed E-state index contributed by atoms with van der Waals surface area (Å²) in [6.07, 6.45) is 3.27. The maximum absolute atomic E-state index is 11.7.